The van der Waals surface area contributed by atoms with Gasteiger partial charge in [0.15, 0.2) is 0 Å². The highest BCUT2D eigenvalue weighted by atomic mass is 16.1. The van der Waals surface area contributed by atoms with Crippen LogP contribution < -0.4 is 10.9 Å². The van der Waals surface area contributed by atoms with Gasteiger partial charge in [0.25, 0.3) is 11.5 Å². The molecule has 6 nitrogen and oxygen atoms in total. The molecule has 2 N–H and O–H groups in total. The minimum atomic E-state index is -0.297. The molecule has 2 heterocycles. The minimum Gasteiger partial charge on any atom is -0.348 e. The molecule has 0 saturated carbocycles. The normalized spacial score (nSPS) is 11.0. The molecule has 0 fully saturated rings. The van der Waals surface area contributed by atoms with Crippen LogP contribution in [0.15, 0.2) is 35.3 Å². The monoisotopic (exact) mass is 390 g/mol. The van der Waals surface area contributed by atoms with Crippen LogP contribution in [0.2, 0.25) is 0 Å². The molecule has 0 atom stereocenters. The summed E-state index contributed by atoms with van der Waals surface area (Å²) in [6.45, 7) is 8.07. The first-order valence-corrected chi connectivity index (χ1v) is 9.91. The molecule has 0 aliphatic rings. The largest absolute Gasteiger partial charge is 0.348 e. The van der Waals surface area contributed by atoms with Crippen LogP contribution >= 0.6 is 0 Å². The van der Waals surface area contributed by atoms with Crippen molar-refractivity contribution in [2.24, 2.45) is 0 Å². The van der Waals surface area contributed by atoms with Crippen molar-refractivity contribution in [1.29, 1.82) is 5.26 Å². The number of aromatic nitrogens is 2. The van der Waals surface area contributed by atoms with E-state index in [1.807, 2.05) is 38.2 Å². The van der Waals surface area contributed by atoms with Crippen molar-refractivity contribution in [2.45, 2.75) is 53.1 Å². The Morgan fingerprint density at radius 1 is 1.24 bits per heavy atom. The minimum absolute atomic E-state index is 0.131. The van der Waals surface area contributed by atoms with Crippen LogP contribution in [0.1, 0.15) is 65.5 Å². The fourth-order valence-electron chi connectivity index (χ4n) is 3.88. The Kier molecular flexibility index (Phi) is 5.88. The number of H-pyrrole nitrogens is 1. The molecule has 0 aliphatic heterocycles. The van der Waals surface area contributed by atoms with Gasteiger partial charge in [0.1, 0.15) is 0 Å². The van der Waals surface area contributed by atoms with Gasteiger partial charge in [-0.05, 0) is 56.5 Å². The number of aryl methyl sites for hydroxylation is 2. The number of fused-ring (bicyclic) bond motifs is 1. The molecule has 2 aromatic heterocycles. The Bertz CT molecular complexity index is 1160. The second-order valence-electron chi connectivity index (χ2n) is 7.39. The SMILES string of the molecule is CCC(CC)n1ccc2c(C(=O)NCc3c(C)cc(C)[nH]c3=O)cc(C#N)cc21. The Hall–Kier alpha value is -3.33. The average molecular weight is 390 g/mol. The molecule has 0 radical (unpaired) electrons. The molecule has 29 heavy (non-hydrogen) atoms. The third-order valence-electron chi connectivity index (χ3n) is 5.47. The van der Waals surface area contributed by atoms with E-state index in [9.17, 15) is 14.9 Å². The highest BCUT2D eigenvalue weighted by molar-refractivity contribution is 6.07. The number of carbonyl (C=O) groups is 1. The third-order valence-corrected chi connectivity index (χ3v) is 5.47. The van der Waals surface area contributed by atoms with Crippen molar-refractivity contribution in [3.8, 4) is 6.07 Å². The Morgan fingerprint density at radius 2 is 1.97 bits per heavy atom. The zero-order valence-corrected chi connectivity index (χ0v) is 17.3. The number of amides is 1. The standard InChI is InChI=1S/C23H26N4O2/c1-5-17(6-2)27-8-7-18-19(10-16(12-24)11-21(18)27)22(28)25-13-20-14(3)9-15(4)26-23(20)29/h7-11,17H,5-6,13H2,1-4H3,(H,25,28)(H,26,29). The highest BCUT2D eigenvalue weighted by Crippen LogP contribution is 2.28. The van der Waals surface area contributed by atoms with Gasteiger partial charge in [-0.3, -0.25) is 9.59 Å². The van der Waals surface area contributed by atoms with Crippen LogP contribution in [0.3, 0.4) is 0 Å². The van der Waals surface area contributed by atoms with Crippen LogP contribution in [0.25, 0.3) is 10.9 Å². The zero-order valence-electron chi connectivity index (χ0n) is 17.3. The first kappa shape index (κ1) is 20.4. The lowest BCUT2D eigenvalue weighted by Crippen LogP contribution is -2.28. The van der Waals surface area contributed by atoms with Crippen LogP contribution in [-0.4, -0.2) is 15.5 Å². The topological polar surface area (TPSA) is 90.7 Å². The Morgan fingerprint density at radius 3 is 2.59 bits per heavy atom. The van der Waals surface area contributed by atoms with Gasteiger partial charge >= 0.3 is 0 Å². The summed E-state index contributed by atoms with van der Waals surface area (Å²) >= 11 is 0. The lowest BCUT2D eigenvalue weighted by molar-refractivity contribution is 0.0952. The summed E-state index contributed by atoms with van der Waals surface area (Å²) in [5.41, 5.74) is 3.73. The maximum absolute atomic E-state index is 13.0. The van der Waals surface area contributed by atoms with Crippen molar-refractivity contribution in [2.75, 3.05) is 0 Å². The second kappa shape index (κ2) is 8.36. The summed E-state index contributed by atoms with van der Waals surface area (Å²) in [5.74, 6) is -0.297. The van der Waals surface area contributed by atoms with Crippen LogP contribution in [0.5, 0.6) is 0 Å². The summed E-state index contributed by atoms with van der Waals surface area (Å²) < 4.78 is 2.14. The number of hydrogen-bond donors (Lipinski definition) is 2. The molecule has 1 amide bonds. The maximum atomic E-state index is 13.0. The van der Waals surface area contributed by atoms with Gasteiger partial charge in [0, 0.05) is 35.4 Å². The molecule has 150 valence electrons. The molecular weight excluding hydrogens is 364 g/mol. The molecule has 6 heteroatoms. The van der Waals surface area contributed by atoms with Crippen molar-refractivity contribution in [3.63, 3.8) is 0 Å². The molecule has 0 aliphatic carbocycles. The number of hydrogen-bond acceptors (Lipinski definition) is 3. The van der Waals surface area contributed by atoms with E-state index >= 15 is 0 Å². The summed E-state index contributed by atoms with van der Waals surface area (Å²) in [4.78, 5) is 27.9. The Balaban J connectivity index is 1.98. The number of carbonyl (C=O) groups excluding carboxylic acids is 1. The van der Waals surface area contributed by atoms with Crippen LogP contribution in [0.4, 0.5) is 0 Å². The van der Waals surface area contributed by atoms with E-state index in [0.717, 1.165) is 35.0 Å². The van der Waals surface area contributed by atoms with Crippen molar-refractivity contribution < 1.29 is 4.79 Å². The van der Waals surface area contributed by atoms with Gasteiger partial charge < -0.3 is 14.9 Å². The fraction of sp³-hybridized carbons (Fsp3) is 0.348. The Labute approximate surface area is 170 Å². The molecule has 1 aromatic carbocycles. The summed E-state index contributed by atoms with van der Waals surface area (Å²) in [6, 6.07) is 9.72. The van der Waals surface area contributed by atoms with Crippen LogP contribution in [0, 0.1) is 25.2 Å². The highest BCUT2D eigenvalue weighted by Gasteiger charge is 2.18. The van der Waals surface area contributed by atoms with Gasteiger partial charge in [0.2, 0.25) is 0 Å². The maximum Gasteiger partial charge on any atom is 0.253 e. The van der Waals surface area contributed by atoms with E-state index in [4.69, 9.17) is 0 Å². The van der Waals surface area contributed by atoms with E-state index in [0.29, 0.717) is 22.7 Å². The van der Waals surface area contributed by atoms with Gasteiger partial charge in [-0.1, -0.05) is 13.8 Å². The number of benzene rings is 1. The first-order chi connectivity index (χ1) is 13.9. The lowest BCUT2D eigenvalue weighted by atomic mass is 10.0. The van der Waals surface area contributed by atoms with E-state index in [1.165, 1.54) is 0 Å². The van der Waals surface area contributed by atoms with Gasteiger partial charge in [-0.2, -0.15) is 5.26 Å². The summed E-state index contributed by atoms with van der Waals surface area (Å²) in [7, 11) is 0. The van der Waals surface area contributed by atoms with E-state index < -0.39 is 0 Å². The lowest BCUT2D eigenvalue weighted by Gasteiger charge is -2.17. The predicted molar refractivity (Wildman–Crippen MR) is 114 cm³/mol. The fourth-order valence-corrected chi connectivity index (χ4v) is 3.88. The van der Waals surface area contributed by atoms with Crippen molar-refractivity contribution in [3.05, 3.63) is 68.8 Å². The first-order valence-electron chi connectivity index (χ1n) is 9.91. The van der Waals surface area contributed by atoms with Crippen molar-refractivity contribution in [1.82, 2.24) is 14.9 Å². The van der Waals surface area contributed by atoms with E-state index in [2.05, 4.69) is 34.8 Å². The van der Waals surface area contributed by atoms with Gasteiger partial charge in [-0.25, -0.2) is 0 Å². The molecule has 3 rings (SSSR count). The number of aromatic amines is 1. The molecule has 0 bridgehead atoms. The smallest absolute Gasteiger partial charge is 0.253 e. The molecule has 0 saturated heterocycles. The number of pyridine rings is 1. The summed E-state index contributed by atoms with van der Waals surface area (Å²) in [6.07, 6.45) is 3.91. The van der Waals surface area contributed by atoms with Gasteiger partial charge in [0.05, 0.1) is 22.7 Å². The molecule has 0 unspecified atom stereocenters. The number of nitrogens with one attached hydrogen (secondary N) is 2. The number of nitrogens with zero attached hydrogens (tertiary/aromatic N) is 2. The van der Waals surface area contributed by atoms with E-state index in [1.54, 1.807) is 6.07 Å². The molecule has 0 spiro atoms. The average Bonchev–Trinajstić information content (AvgIpc) is 3.11. The number of nitriles is 1. The molecule has 3 aromatic rings. The summed E-state index contributed by atoms with van der Waals surface area (Å²) in [5, 5.41) is 13.1. The predicted octanol–water partition coefficient (Wildman–Crippen LogP) is 4.11. The number of rotatable bonds is 6. The molecular formula is C23H26N4O2. The van der Waals surface area contributed by atoms with E-state index in [-0.39, 0.29) is 18.0 Å². The van der Waals surface area contributed by atoms with Crippen molar-refractivity contribution >= 4 is 16.8 Å². The second-order valence-corrected chi connectivity index (χ2v) is 7.39. The quantitative estimate of drug-likeness (QED) is 0.664. The van der Waals surface area contributed by atoms with Crippen LogP contribution in [-0.2, 0) is 6.54 Å². The third kappa shape index (κ3) is 3.95. The van der Waals surface area contributed by atoms with Gasteiger partial charge in [-0.15, -0.1) is 0 Å². The zero-order chi connectivity index (χ0) is 21.1.